The Balaban J connectivity index is 1.84. The highest BCUT2D eigenvalue weighted by Crippen LogP contribution is 2.31. The van der Waals surface area contributed by atoms with Crippen LogP contribution in [0.5, 0.6) is 11.5 Å². The summed E-state index contributed by atoms with van der Waals surface area (Å²) in [6.07, 6.45) is -4.01. The monoisotopic (exact) mass is 521 g/mol. The molecule has 36 heavy (non-hydrogen) atoms. The van der Waals surface area contributed by atoms with Gasteiger partial charge in [-0.15, -0.1) is 0 Å². The van der Waals surface area contributed by atoms with Crippen LogP contribution in [-0.2, 0) is 22.8 Å². The third kappa shape index (κ3) is 6.57. The van der Waals surface area contributed by atoms with Crippen molar-refractivity contribution in [3.63, 3.8) is 0 Å². The number of ether oxygens (including phenoxy) is 1. The molecule has 0 aliphatic carbocycles. The summed E-state index contributed by atoms with van der Waals surface area (Å²) in [7, 11) is -2.99. The number of benzene rings is 3. The molecule has 3 aromatic rings. The fourth-order valence-corrected chi connectivity index (χ4v) is 4.41. The Kier molecular flexibility index (Phi) is 8.29. The van der Waals surface area contributed by atoms with E-state index in [0.29, 0.717) is 29.4 Å². The highest BCUT2D eigenvalue weighted by molar-refractivity contribution is 7.87. The number of methoxy groups -OCH3 is 1. The van der Waals surface area contributed by atoms with Gasteiger partial charge in [0.05, 0.1) is 12.7 Å². The molecule has 0 aromatic heterocycles. The molecule has 0 saturated carbocycles. The van der Waals surface area contributed by atoms with E-state index in [-0.39, 0.29) is 24.2 Å². The minimum atomic E-state index is -4.69. The van der Waals surface area contributed by atoms with Crippen LogP contribution in [0.3, 0.4) is 0 Å². The van der Waals surface area contributed by atoms with E-state index in [9.17, 15) is 26.4 Å². The van der Waals surface area contributed by atoms with Crippen molar-refractivity contribution in [3.05, 3.63) is 89.5 Å². The molecule has 0 heterocycles. The smallest absolute Gasteiger partial charge is 0.416 e. The van der Waals surface area contributed by atoms with Crippen LogP contribution in [0.4, 0.5) is 13.2 Å². The molecule has 3 rings (SSSR count). The molecule has 10 heteroatoms. The second-order valence-electron chi connectivity index (χ2n) is 8.13. The van der Waals surface area contributed by atoms with Gasteiger partial charge in [0, 0.05) is 18.2 Å². The standard InChI is InChI=1S/C26H26F3NO5S/c1-4-18(2)30(25(31)20-11-13-22(34-3)14-12-20)17-19-7-5-9-23(15-19)35-36(32,33)24-10-6-8-21(16-24)26(27,28)29/h5-16,18H,4,17H2,1-3H3. The minimum Gasteiger partial charge on any atom is -0.497 e. The Morgan fingerprint density at radius 3 is 2.25 bits per heavy atom. The molecule has 0 spiro atoms. The van der Waals surface area contributed by atoms with Crippen molar-refractivity contribution >= 4 is 16.0 Å². The van der Waals surface area contributed by atoms with Crippen LogP contribution in [0, 0.1) is 0 Å². The third-order valence-corrected chi connectivity index (χ3v) is 6.87. The number of carbonyl (C=O) groups is 1. The molecule has 3 aromatic carbocycles. The van der Waals surface area contributed by atoms with Crippen molar-refractivity contribution in [1.82, 2.24) is 4.90 Å². The first kappa shape index (κ1) is 27.1. The van der Waals surface area contributed by atoms with Gasteiger partial charge in [-0.2, -0.15) is 21.6 Å². The molecule has 0 N–H and O–H groups in total. The molecule has 192 valence electrons. The molecular weight excluding hydrogens is 495 g/mol. The zero-order valence-electron chi connectivity index (χ0n) is 20.0. The van der Waals surface area contributed by atoms with E-state index < -0.39 is 26.8 Å². The first-order chi connectivity index (χ1) is 16.9. The van der Waals surface area contributed by atoms with Gasteiger partial charge < -0.3 is 13.8 Å². The fraction of sp³-hybridized carbons (Fsp3) is 0.269. The van der Waals surface area contributed by atoms with Crippen LogP contribution in [0.1, 0.15) is 41.8 Å². The Bertz CT molecular complexity index is 1310. The van der Waals surface area contributed by atoms with Crippen LogP contribution in [0.25, 0.3) is 0 Å². The number of carbonyl (C=O) groups excluding carboxylic acids is 1. The Morgan fingerprint density at radius 1 is 0.972 bits per heavy atom. The quantitative estimate of drug-likeness (QED) is 0.327. The number of alkyl halides is 3. The van der Waals surface area contributed by atoms with E-state index in [4.69, 9.17) is 8.92 Å². The van der Waals surface area contributed by atoms with Crippen molar-refractivity contribution < 1.29 is 35.3 Å². The van der Waals surface area contributed by atoms with Gasteiger partial charge >= 0.3 is 16.3 Å². The van der Waals surface area contributed by atoms with Gasteiger partial charge in [0.2, 0.25) is 0 Å². The highest BCUT2D eigenvalue weighted by atomic mass is 32.2. The lowest BCUT2D eigenvalue weighted by molar-refractivity contribution is -0.137. The zero-order valence-corrected chi connectivity index (χ0v) is 20.8. The van der Waals surface area contributed by atoms with Crippen molar-refractivity contribution in [3.8, 4) is 11.5 Å². The lowest BCUT2D eigenvalue weighted by Gasteiger charge is -2.29. The maximum Gasteiger partial charge on any atom is 0.416 e. The number of nitrogens with zero attached hydrogens (tertiary/aromatic N) is 1. The summed E-state index contributed by atoms with van der Waals surface area (Å²) in [5.41, 5.74) is -0.0355. The Hall–Kier alpha value is -3.53. The average molecular weight is 522 g/mol. The van der Waals surface area contributed by atoms with Crippen molar-refractivity contribution in [2.24, 2.45) is 0 Å². The second-order valence-corrected chi connectivity index (χ2v) is 9.68. The normalized spacial score (nSPS) is 12.6. The molecule has 0 saturated heterocycles. The maximum atomic E-state index is 13.2. The lowest BCUT2D eigenvalue weighted by Crippen LogP contribution is -2.37. The SMILES string of the molecule is CCC(C)N(Cc1cccc(OS(=O)(=O)c2cccc(C(F)(F)F)c2)c1)C(=O)c1ccc(OC)cc1. The molecule has 1 amide bonds. The Labute approximate surface area is 208 Å². The number of hydrogen-bond donors (Lipinski definition) is 0. The maximum absolute atomic E-state index is 13.2. The first-order valence-corrected chi connectivity index (χ1v) is 12.5. The molecule has 0 aliphatic heterocycles. The zero-order chi connectivity index (χ0) is 26.5. The summed E-state index contributed by atoms with van der Waals surface area (Å²) in [6.45, 7) is 4.01. The predicted octanol–water partition coefficient (Wildman–Crippen LogP) is 5.92. The number of rotatable bonds is 9. The molecular formula is C26H26F3NO5S. The average Bonchev–Trinajstić information content (AvgIpc) is 2.86. The molecule has 0 fully saturated rings. The summed E-state index contributed by atoms with van der Waals surface area (Å²) in [6, 6.07) is 16.0. The first-order valence-electron chi connectivity index (χ1n) is 11.1. The van der Waals surface area contributed by atoms with E-state index in [2.05, 4.69) is 0 Å². The molecule has 0 aliphatic rings. The van der Waals surface area contributed by atoms with Gasteiger partial charge in [-0.3, -0.25) is 4.79 Å². The van der Waals surface area contributed by atoms with Crippen molar-refractivity contribution in [2.45, 2.75) is 43.9 Å². The number of amides is 1. The van der Waals surface area contributed by atoms with Gasteiger partial charge in [0.15, 0.2) is 0 Å². The molecule has 1 unspecified atom stereocenters. The van der Waals surface area contributed by atoms with E-state index >= 15 is 0 Å². The summed E-state index contributed by atoms with van der Waals surface area (Å²) >= 11 is 0. The van der Waals surface area contributed by atoms with Crippen LogP contribution in [0.2, 0.25) is 0 Å². The summed E-state index contributed by atoms with van der Waals surface area (Å²) in [5.74, 6) is 0.328. The molecule has 0 radical (unpaired) electrons. The van der Waals surface area contributed by atoms with Crippen LogP contribution in [0.15, 0.2) is 77.7 Å². The minimum absolute atomic E-state index is 0.0779. The van der Waals surface area contributed by atoms with Gasteiger partial charge in [-0.05, 0) is 73.5 Å². The van der Waals surface area contributed by atoms with Gasteiger partial charge in [-0.1, -0.05) is 25.1 Å². The van der Waals surface area contributed by atoms with Crippen molar-refractivity contribution in [2.75, 3.05) is 7.11 Å². The summed E-state index contributed by atoms with van der Waals surface area (Å²) in [4.78, 5) is 14.3. The highest BCUT2D eigenvalue weighted by Gasteiger charge is 2.32. The summed E-state index contributed by atoms with van der Waals surface area (Å²) in [5, 5.41) is 0. The van der Waals surface area contributed by atoms with Crippen LogP contribution >= 0.6 is 0 Å². The van der Waals surface area contributed by atoms with Crippen molar-refractivity contribution in [1.29, 1.82) is 0 Å². The number of hydrogen-bond acceptors (Lipinski definition) is 5. The second kappa shape index (κ2) is 11.0. The van der Waals surface area contributed by atoms with E-state index in [0.717, 1.165) is 18.2 Å². The van der Waals surface area contributed by atoms with Crippen LogP contribution < -0.4 is 8.92 Å². The third-order valence-electron chi connectivity index (χ3n) is 5.63. The van der Waals surface area contributed by atoms with Gasteiger partial charge in [-0.25, -0.2) is 0 Å². The summed E-state index contributed by atoms with van der Waals surface area (Å²) < 4.78 is 74.6. The molecule has 6 nitrogen and oxygen atoms in total. The van der Waals surface area contributed by atoms with E-state index in [1.807, 2.05) is 13.8 Å². The topological polar surface area (TPSA) is 72.9 Å². The predicted molar refractivity (Wildman–Crippen MR) is 128 cm³/mol. The van der Waals surface area contributed by atoms with Gasteiger partial charge in [0.1, 0.15) is 16.4 Å². The largest absolute Gasteiger partial charge is 0.497 e. The lowest BCUT2D eigenvalue weighted by atomic mass is 10.1. The molecule has 1 atom stereocenters. The van der Waals surface area contributed by atoms with E-state index in [1.165, 1.54) is 19.2 Å². The molecule has 0 bridgehead atoms. The Morgan fingerprint density at radius 2 is 1.64 bits per heavy atom. The fourth-order valence-electron chi connectivity index (χ4n) is 3.44. The van der Waals surface area contributed by atoms with Crippen LogP contribution in [-0.4, -0.2) is 32.4 Å². The van der Waals surface area contributed by atoms with E-state index in [1.54, 1.807) is 41.3 Å². The number of halogens is 3. The van der Waals surface area contributed by atoms with Gasteiger partial charge in [0.25, 0.3) is 5.91 Å².